The first-order valence-corrected chi connectivity index (χ1v) is 16.2. The molecule has 0 saturated heterocycles. The Morgan fingerprint density at radius 1 is 1.04 bits per heavy atom. The van der Waals surface area contributed by atoms with Crippen LogP contribution in [0.3, 0.4) is 0 Å². The fourth-order valence-corrected chi connectivity index (χ4v) is 7.02. The van der Waals surface area contributed by atoms with Crippen molar-refractivity contribution in [2.45, 2.75) is 26.5 Å². The molecule has 1 N–H and O–H groups in total. The molecule has 0 aliphatic carbocycles. The molecule has 3 aromatic carbocycles. The maximum absolute atomic E-state index is 14.1. The summed E-state index contributed by atoms with van der Waals surface area (Å²) < 4.78 is 30.7. The van der Waals surface area contributed by atoms with Crippen LogP contribution < -0.4 is 33.8 Å². The van der Waals surface area contributed by atoms with Crippen LogP contribution in [0.2, 0.25) is 0 Å². The molecular weight excluding hydrogens is 739 g/mol. The number of benzene rings is 3. The number of thiazole rings is 1. The van der Waals surface area contributed by atoms with E-state index < -0.39 is 18.0 Å². The number of hydrogen-bond donors (Lipinski definition) is 1. The molecule has 0 radical (unpaired) electrons. The molecule has 4 aromatic rings. The van der Waals surface area contributed by atoms with Crippen molar-refractivity contribution in [3.63, 3.8) is 0 Å². The Morgan fingerprint density at radius 2 is 1.81 bits per heavy atom. The van der Waals surface area contributed by atoms with Gasteiger partial charge in [0.05, 0.1) is 52.9 Å². The number of nitrogens with zero attached hydrogens (tertiary/aromatic N) is 2. The topological polar surface area (TPSA) is 135 Å². The molecule has 1 aliphatic heterocycles. The predicted octanol–water partition coefficient (Wildman–Crippen LogP) is 4.71. The lowest BCUT2D eigenvalue weighted by atomic mass is 9.95. The van der Waals surface area contributed by atoms with Crippen LogP contribution in [0.5, 0.6) is 23.0 Å². The molecular formula is C34H31IN2O9S. The Morgan fingerprint density at radius 3 is 2.49 bits per heavy atom. The van der Waals surface area contributed by atoms with Gasteiger partial charge in [-0.05, 0) is 90.0 Å². The van der Waals surface area contributed by atoms with Gasteiger partial charge in [-0.3, -0.25) is 9.36 Å². The number of carbonyl (C=O) groups excluding carboxylic acids is 1. The first-order chi connectivity index (χ1) is 22.6. The molecule has 0 saturated carbocycles. The quantitative estimate of drug-likeness (QED) is 0.170. The smallest absolute Gasteiger partial charge is 0.338 e. The summed E-state index contributed by atoms with van der Waals surface area (Å²) in [5.41, 5.74) is 2.43. The van der Waals surface area contributed by atoms with Crippen molar-refractivity contribution in [3.8, 4) is 23.0 Å². The van der Waals surface area contributed by atoms with Gasteiger partial charge in [-0.1, -0.05) is 23.5 Å². The Kier molecular flexibility index (Phi) is 10.3. The van der Waals surface area contributed by atoms with E-state index in [9.17, 15) is 19.5 Å². The van der Waals surface area contributed by atoms with Crippen LogP contribution in [0.25, 0.3) is 6.08 Å². The summed E-state index contributed by atoms with van der Waals surface area (Å²) in [7, 11) is 4.57. The maximum atomic E-state index is 14.1. The second-order valence-corrected chi connectivity index (χ2v) is 12.4. The predicted molar refractivity (Wildman–Crippen MR) is 183 cm³/mol. The lowest BCUT2D eigenvalue weighted by molar-refractivity contribution is -0.139. The van der Waals surface area contributed by atoms with Gasteiger partial charge >= 0.3 is 11.9 Å². The highest BCUT2D eigenvalue weighted by Crippen LogP contribution is 2.38. The number of rotatable bonds is 11. The number of carbonyl (C=O) groups is 2. The van der Waals surface area contributed by atoms with Gasteiger partial charge in [-0.25, -0.2) is 14.6 Å². The van der Waals surface area contributed by atoms with Gasteiger partial charge in [0, 0.05) is 11.6 Å². The molecule has 244 valence electrons. The molecule has 0 bridgehead atoms. The van der Waals surface area contributed by atoms with E-state index in [2.05, 4.69) is 27.6 Å². The lowest BCUT2D eigenvalue weighted by Crippen LogP contribution is -2.40. The number of allylic oxidation sites excluding steroid dienone is 1. The number of aromatic carboxylic acids is 1. The van der Waals surface area contributed by atoms with Crippen molar-refractivity contribution in [1.29, 1.82) is 0 Å². The van der Waals surface area contributed by atoms with Crippen molar-refractivity contribution in [1.82, 2.24) is 4.57 Å². The van der Waals surface area contributed by atoms with Gasteiger partial charge in [-0.15, -0.1) is 0 Å². The standard InChI is InChI=1S/C34H31IN2O9S/c1-6-45-33(41)28-18(2)36-34-37(29(28)23-11-10-22(42-3)16-25(23)43-4)31(38)27(47-34)15-20-13-24(35)30(26(14-20)44-5)46-17-19-8-7-9-21(12-19)32(39)40/h7-16,29H,6,17H2,1-5H3,(H,39,40)/b27-15-/t29-/m1/s1. The van der Waals surface area contributed by atoms with Crippen LogP contribution in [-0.2, 0) is 16.1 Å². The van der Waals surface area contributed by atoms with Crippen LogP contribution in [0, 0.1) is 3.57 Å². The number of aromatic nitrogens is 1. The Balaban J connectivity index is 1.58. The summed E-state index contributed by atoms with van der Waals surface area (Å²) in [6, 6.07) is 14.5. The molecule has 0 unspecified atom stereocenters. The van der Waals surface area contributed by atoms with Gasteiger partial charge in [0.25, 0.3) is 5.56 Å². The fourth-order valence-electron chi connectivity index (χ4n) is 5.19. The highest BCUT2D eigenvalue weighted by Gasteiger charge is 2.35. The van der Waals surface area contributed by atoms with Gasteiger partial charge in [-0.2, -0.15) is 0 Å². The summed E-state index contributed by atoms with van der Waals surface area (Å²) in [6.45, 7) is 3.72. The van der Waals surface area contributed by atoms with Gasteiger partial charge in [0.1, 0.15) is 24.1 Å². The van der Waals surface area contributed by atoms with Crippen LogP contribution in [0.15, 0.2) is 75.7 Å². The van der Waals surface area contributed by atoms with E-state index in [1.165, 1.54) is 36.2 Å². The van der Waals surface area contributed by atoms with Crippen molar-refractivity contribution in [2.75, 3.05) is 27.9 Å². The van der Waals surface area contributed by atoms with E-state index >= 15 is 0 Å². The summed E-state index contributed by atoms with van der Waals surface area (Å²) in [5, 5.41) is 9.31. The van der Waals surface area contributed by atoms with E-state index in [-0.39, 0.29) is 29.9 Å². The molecule has 0 fully saturated rings. The third-order valence-electron chi connectivity index (χ3n) is 7.36. The SMILES string of the molecule is CCOC(=O)C1=C(C)N=c2s/c(=C\c3cc(I)c(OCc4cccc(C(=O)O)c4)c(OC)c3)c(=O)n2[C@@H]1c1ccc(OC)cc1OC. The first-order valence-electron chi connectivity index (χ1n) is 14.3. The number of hydrogen-bond acceptors (Lipinski definition) is 10. The van der Waals surface area contributed by atoms with Crippen molar-refractivity contribution in [2.24, 2.45) is 4.99 Å². The van der Waals surface area contributed by atoms with E-state index in [4.69, 9.17) is 23.7 Å². The maximum Gasteiger partial charge on any atom is 0.338 e. The zero-order valence-electron chi connectivity index (χ0n) is 26.2. The number of ether oxygens (including phenoxy) is 5. The van der Waals surface area contributed by atoms with E-state index in [1.54, 1.807) is 69.5 Å². The summed E-state index contributed by atoms with van der Waals surface area (Å²) in [6.07, 6.45) is 1.74. The van der Waals surface area contributed by atoms with Crippen molar-refractivity contribution < 1.29 is 38.4 Å². The Bertz CT molecular complexity index is 2080. The lowest BCUT2D eigenvalue weighted by Gasteiger charge is -2.26. The number of esters is 1. The van der Waals surface area contributed by atoms with E-state index in [0.717, 1.165) is 3.57 Å². The number of methoxy groups -OCH3 is 3. The van der Waals surface area contributed by atoms with Crippen molar-refractivity contribution in [3.05, 3.63) is 111 Å². The largest absolute Gasteiger partial charge is 0.497 e. The van der Waals surface area contributed by atoms with E-state index in [0.29, 0.717) is 54.7 Å². The third kappa shape index (κ3) is 6.90. The van der Waals surface area contributed by atoms with Crippen LogP contribution in [-0.4, -0.2) is 49.5 Å². The molecule has 47 heavy (non-hydrogen) atoms. The van der Waals surface area contributed by atoms with Crippen molar-refractivity contribution >= 4 is 51.9 Å². The normalized spacial score (nSPS) is 14.3. The van der Waals surface area contributed by atoms with Crippen LogP contribution in [0.4, 0.5) is 0 Å². The number of fused-ring (bicyclic) bond motifs is 1. The number of carboxylic acids is 1. The minimum Gasteiger partial charge on any atom is -0.497 e. The zero-order chi connectivity index (χ0) is 33.8. The molecule has 1 aliphatic rings. The first kappa shape index (κ1) is 33.7. The number of halogens is 1. The Hall–Kier alpha value is -4.63. The zero-order valence-corrected chi connectivity index (χ0v) is 29.1. The van der Waals surface area contributed by atoms with E-state index in [1.807, 2.05) is 6.07 Å². The second-order valence-electron chi connectivity index (χ2n) is 10.2. The average molecular weight is 771 g/mol. The summed E-state index contributed by atoms with van der Waals surface area (Å²) in [5.74, 6) is 0.317. The molecule has 1 atom stereocenters. The fraction of sp³-hybridized carbons (Fsp3) is 0.235. The van der Waals surface area contributed by atoms with Gasteiger partial charge in [0.15, 0.2) is 16.3 Å². The molecule has 0 amide bonds. The average Bonchev–Trinajstić information content (AvgIpc) is 3.36. The van der Waals surface area contributed by atoms with Crippen LogP contribution in [0.1, 0.15) is 46.9 Å². The highest BCUT2D eigenvalue weighted by atomic mass is 127. The molecule has 11 nitrogen and oxygen atoms in total. The Labute approximate surface area is 287 Å². The highest BCUT2D eigenvalue weighted by molar-refractivity contribution is 14.1. The van der Waals surface area contributed by atoms with Crippen LogP contribution >= 0.6 is 33.9 Å². The minimum absolute atomic E-state index is 0.127. The molecule has 0 spiro atoms. The number of carboxylic acid groups (broad SMARTS) is 1. The second kappa shape index (κ2) is 14.4. The van der Waals surface area contributed by atoms with Gasteiger partial charge in [0.2, 0.25) is 0 Å². The minimum atomic E-state index is -1.02. The molecule has 5 rings (SSSR count). The summed E-state index contributed by atoms with van der Waals surface area (Å²) >= 11 is 3.32. The molecule has 13 heteroatoms. The molecule has 1 aromatic heterocycles. The van der Waals surface area contributed by atoms with Gasteiger partial charge < -0.3 is 28.8 Å². The summed E-state index contributed by atoms with van der Waals surface area (Å²) in [4.78, 5) is 43.9. The monoisotopic (exact) mass is 770 g/mol. The molecule has 2 heterocycles. The third-order valence-corrected chi connectivity index (χ3v) is 9.14.